The number of fused-ring (bicyclic) bond motifs is 2. The van der Waals surface area contributed by atoms with Gasteiger partial charge in [-0.05, 0) is 38.5 Å². The molecular weight excluding hydrogens is 228 g/mol. The predicted octanol–water partition coefficient (Wildman–Crippen LogP) is 3.11. The summed E-state index contributed by atoms with van der Waals surface area (Å²) in [4.78, 5) is 11.6. The number of Topliss-reactive ketones (excluding diaryl/α,β-unsaturated/α-hetero) is 1. The summed E-state index contributed by atoms with van der Waals surface area (Å²) in [6.45, 7) is 7.12. The van der Waals surface area contributed by atoms with Crippen LogP contribution in [-0.2, 0) is 14.3 Å². The van der Waals surface area contributed by atoms with E-state index in [0.717, 1.165) is 38.7 Å². The number of carbonyl (C=O) groups is 1. The molecule has 3 fully saturated rings. The Morgan fingerprint density at radius 3 is 2.61 bits per heavy atom. The standard InChI is InChI=1S/C13H20O3.C2H6/c1-13(8-15-13)9-3-2-4-12-11(14)6-5-10(7-9)16-12;1-2/h9-10,12H,2-8H2,1H3;1-2H3. The molecule has 0 aliphatic carbocycles. The van der Waals surface area contributed by atoms with Crippen LogP contribution in [-0.4, -0.2) is 30.2 Å². The lowest BCUT2D eigenvalue weighted by atomic mass is 9.80. The van der Waals surface area contributed by atoms with E-state index in [1.807, 2.05) is 13.8 Å². The molecule has 0 amide bonds. The molecular formula is C15H26O3. The molecule has 3 nitrogen and oxygen atoms in total. The second-order valence-electron chi connectivity index (χ2n) is 5.72. The summed E-state index contributed by atoms with van der Waals surface area (Å²) >= 11 is 0. The largest absolute Gasteiger partial charge is 0.370 e. The number of ketones is 1. The fourth-order valence-electron chi connectivity index (χ4n) is 3.13. The molecule has 3 aliphatic heterocycles. The number of epoxide rings is 1. The van der Waals surface area contributed by atoms with Crippen molar-refractivity contribution in [3.63, 3.8) is 0 Å². The van der Waals surface area contributed by atoms with Gasteiger partial charge in [0.25, 0.3) is 0 Å². The van der Waals surface area contributed by atoms with Gasteiger partial charge in [-0.15, -0.1) is 0 Å². The molecule has 0 N–H and O–H groups in total. The molecule has 18 heavy (non-hydrogen) atoms. The highest BCUT2D eigenvalue weighted by Gasteiger charge is 2.48. The molecule has 104 valence electrons. The van der Waals surface area contributed by atoms with Crippen LogP contribution in [0.1, 0.15) is 59.3 Å². The summed E-state index contributed by atoms with van der Waals surface area (Å²) in [6.07, 6.45) is 6.15. The van der Waals surface area contributed by atoms with Gasteiger partial charge in [0.05, 0.1) is 18.3 Å². The van der Waals surface area contributed by atoms with E-state index >= 15 is 0 Å². The Morgan fingerprint density at radius 2 is 1.94 bits per heavy atom. The fraction of sp³-hybridized carbons (Fsp3) is 0.933. The fourth-order valence-corrected chi connectivity index (χ4v) is 3.13. The van der Waals surface area contributed by atoms with Gasteiger partial charge in [-0.2, -0.15) is 0 Å². The van der Waals surface area contributed by atoms with Gasteiger partial charge in [-0.3, -0.25) is 4.79 Å². The molecule has 0 aromatic heterocycles. The van der Waals surface area contributed by atoms with Gasteiger partial charge in [-0.25, -0.2) is 0 Å². The number of hydrogen-bond donors (Lipinski definition) is 0. The van der Waals surface area contributed by atoms with Gasteiger partial charge in [-0.1, -0.05) is 20.3 Å². The minimum Gasteiger partial charge on any atom is -0.370 e. The van der Waals surface area contributed by atoms with Crippen LogP contribution in [0.4, 0.5) is 0 Å². The van der Waals surface area contributed by atoms with Crippen molar-refractivity contribution in [1.82, 2.24) is 0 Å². The third kappa shape index (κ3) is 2.94. The van der Waals surface area contributed by atoms with Crippen LogP contribution >= 0.6 is 0 Å². The van der Waals surface area contributed by atoms with Crippen molar-refractivity contribution < 1.29 is 14.3 Å². The zero-order chi connectivity index (χ0) is 13.2. The minimum atomic E-state index is -0.0902. The first kappa shape index (κ1) is 14.0. The van der Waals surface area contributed by atoms with Crippen LogP contribution in [0.3, 0.4) is 0 Å². The van der Waals surface area contributed by atoms with Crippen LogP contribution in [0.15, 0.2) is 0 Å². The lowest BCUT2D eigenvalue weighted by molar-refractivity contribution is -0.146. The summed E-state index contributed by atoms with van der Waals surface area (Å²) in [5.41, 5.74) is 0.123. The molecule has 3 rings (SSSR count). The summed E-state index contributed by atoms with van der Waals surface area (Å²) < 4.78 is 11.5. The summed E-state index contributed by atoms with van der Waals surface area (Å²) in [5, 5.41) is 0. The first-order chi connectivity index (χ1) is 8.67. The van der Waals surface area contributed by atoms with Gasteiger partial charge in [0.15, 0.2) is 5.78 Å². The predicted molar refractivity (Wildman–Crippen MR) is 70.6 cm³/mol. The average Bonchev–Trinajstić information content (AvgIpc) is 3.10. The van der Waals surface area contributed by atoms with Crippen LogP contribution in [0.25, 0.3) is 0 Å². The van der Waals surface area contributed by atoms with Crippen LogP contribution in [0.2, 0.25) is 0 Å². The number of hydrogen-bond acceptors (Lipinski definition) is 3. The van der Waals surface area contributed by atoms with Gasteiger partial charge in [0.1, 0.15) is 6.10 Å². The Hall–Kier alpha value is -0.410. The molecule has 3 aliphatic rings. The first-order valence-electron chi connectivity index (χ1n) is 7.49. The highest BCUT2D eigenvalue weighted by atomic mass is 16.6. The van der Waals surface area contributed by atoms with E-state index < -0.39 is 0 Å². The lowest BCUT2D eigenvalue weighted by Crippen LogP contribution is -2.40. The molecule has 3 heteroatoms. The van der Waals surface area contributed by atoms with Crippen molar-refractivity contribution in [3.8, 4) is 0 Å². The molecule has 0 aromatic rings. The molecule has 0 radical (unpaired) electrons. The maximum Gasteiger partial charge on any atom is 0.161 e. The molecule has 4 atom stereocenters. The first-order valence-corrected chi connectivity index (χ1v) is 7.49. The van der Waals surface area contributed by atoms with Crippen molar-refractivity contribution in [1.29, 1.82) is 0 Å². The second kappa shape index (κ2) is 5.70. The Bertz CT molecular complexity index is 296. The maximum absolute atomic E-state index is 11.6. The Morgan fingerprint density at radius 1 is 1.22 bits per heavy atom. The topological polar surface area (TPSA) is 38.8 Å². The van der Waals surface area contributed by atoms with E-state index in [-0.39, 0.29) is 11.7 Å². The third-order valence-corrected chi connectivity index (χ3v) is 4.46. The zero-order valence-corrected chi connectivity index (χ0v) is 11.9. The van der Waals surface area contributed by atoms with E-state index in [9.17, 15) is 4.79 Å². The zero-order valence-electron chi connectivity index (χ0n) is 11.9. The quantitative estimate of drug-likeness (QED) is 0.675. The summed E-state index contributed by atoms with van der Waals surface area (Å²) in [7, 11) is 0. The normalized spacial score (nSPS) is 43.3. The number of carbonyl (C=O) groups excluding carboxylic acids is 1. The summed E-state index contributed by atoms with van der Waals surface area (Å²) in [6, 6.07) is 0. The monoisotopic (exact) mass is 254 g/mol. The minimum absolute atomic E-state index is 0.0902. The van der Waals surface area contributed by atoms with Gasteiger partial charge in [0, 0.05) is 6.42 Å². The smallest absolute Gasteiger partial charge is 0.161 e. The maximum atomic E-state index is 11.6. The van der Waals surface area contributed by atoms with Crippen LogP contribution in [0, 0.1) is 5.92 Å². The van der Waals surface area contributed by atoms with Crippen molar-refractivity contribution in [2.24, 2.45) is 5.92 Å². The van der Waals surface area contributed by atoms with Crippen molar-refractivity contribution >= 4 is 5.78 Å². The Labute approximate surface area is 110 Å². The second-order valence-corrected chi connectivity index (χ2v) is 5.72. The van der Waals surface area contributed by atoms with Crippen LogP contribution < -0.4 is 0 Å². The molecule has 0 aromatic carbocycles. The SMILES string of the molecule is CC.CC1(C2CCCC3OC(CCC3=O)C2)CO1. The molecule has 4 unspecified atom stereocenters. The summed E-state index contributed by atoms with van der Waals surface area (Å²) in [5.74, 6) is 0.954. The number of ether oxygens (including phenoxy) is 2. The number of rotatable bonds is 1. The third-order valence-electron chi connectivity index (χ3n) is 4.46. The van der Waals surface area contributed by atoms with Gasteiger partial charge in [0.2, 0.25) is 0 Å². The van der Waals surface area contributed by atoms with Gasteiger partial charge < -0.3 is 9.47 Å². The van der Waals surface area contributed by atoms with Crippen molar-refractivity contribution in [3.05, 3.63) is 0 Å². The molecule has 3 saturated heterocycles. The van der Waals surface area contributed by atoms with E-state index in [2.05, 4.69) is 6.92 Å². The highest BCUT2D eigenvalue weighted by Crippen LogP contribution is 2.43. The molecule has 2 bridgehead atoms. The van der Waals surface area contributed by atoms with E-state index in [1.54, 1.807) is 0 Å². The average molecular weight is 254 g/mol. The molecule has 0 spiro atoms. The van der Waals surface area contributed by atoms with Crippen molar-refractivity contribution in [2.45, 2.75) is 77.1 Å². The Kier molecular flexibility index (Phi) is 4.44. The van der Waals surface area contributed by atoms with E-state index in [4.69, 9.17) is 9.47 Å². The van der Waals surface area contributed by atoms with E-state index in [1.165, 1.54) is 6.42 Å². The van der Waals surface area contributed by atoms with Gasteiger partial charge >= 0.3 is 0 Å². The molecule has 0 saturated carbocycles. The molecule has 3 heterocycles. The van der Waals surface area contributed by atoms with Crippen molar-refractivity contribution in [2.75, 3.05) is 6.61 Å². The Balaban J connectivity index is 0.000000574. The lowest BCUT2D eigenvalue weighted by Gasteiger charge is -2.35. The highest BCUT2D eigenvalue weighted by molar-refractivity contribution is 5.83. The van der Waals surface area contributed by atoms with E-state index in [0.29, 0.717) is 17.8 Å². The van der Waals surface area contributed by atoms with Crippen LogP contribution in [0.5, 0.6) is 0 Å².